The number of hydrogen-bond acceptors (Lipinski definition) is 3. The molecule has 2 aromatic rings. The number of piperazine rings is 1. The van der Waals surface area contributed by atoms with E-state index in [1.165, 1.54) is 10.5 Å². The number of ether oxygens (including phenoxy) is 1. The van der Waals surface area contributed by atoms with Gasteiger partial charge in [0.15, 0.2) is 6.54 Å². The molecule has 1 fully saturated rings. The van der Waals surface area contributed by atoms with Gasteiger partial charge in [-0.15, -0.1) is 0 Å². The lowest BCUT2D eigenvalue weighted by Gasteiger charge is -2.34. The van der Waals surface area contributed by atoms with Gasteiger partial charge in [0.2, 0.25) is 0 Å². The van der Waals surface area contributed by atoms with E-state index in [9.17, 15) is 4.79 Å². The first-order valence-corrected chi connectivity index (χ1v) is 10.3. The molecule has 0 spiro atoms. The molecule has 0 aromatic heterocycles. The zero-order valence-electron chi connectivity index (χ0n) is 17.2. The van der Waals surface area contributed by atoms with E-state index in [2.05, 4.69) is 48.3 Å². The maximum absolute atomic E-state index is 12.4. The first-order valence-electron chi connectivity index (χ1n) is 10.3. The third-order valence-corrected chi connectivity index (χ3v) is 5.25. The highest BCUT2D eigenvalue weighted by atomic mass is 16.5. The van der Waals surface area contributed by atoms with E-state index < -0.39 is 0 Å². The lowest BCUT2D eigenvalue weighted by atomic mass is 10.0. The Kier molecular flexibility index (Phi) is 6.93. The lowest BCUT2D eigenvalue weighted by molar-refractivity contribution is -0.892. The molecule has 1 saturated heterocycles. The molecule has 2 N–H and O–H groups in total. The Morgan fingerprint density at radius 2 is 1.79 bits per heavy atom. The number of hydrogen-bond donors (Lipinski definition) is 2. The molecule has 150 valence electrons. The van der Waals surface area contributed by atoms with Crippen molar-refractivity contribution in [1.82, 2.24) is 0 Å². The summed E-state index contributed by atoms with van der Waals surface area (Å²) in [6.07, 6.45) is 0. The Balaban J connectivity index is 1.49. The quantitative estimate of drug-likeness (QED) is 0.774. The SMILES string of the molecule is CCOc1ccccc1N1CC[NH+](CC(=O)Nc2ccc(C(C)C)cc2)CC1. The van der Waals surface area contributed by atoms with Crippen molar-refractivity contribution >= 4 is 17.3 Å². The first-order chi connectivity index (χ1) is 13.6. The van der Waals surface area contributed by atoms with Crippen LogP contribution in [0.15, 0.2) is 48.5 Å². The van der Waals surface area contributed by atoms with Gasteiger partial charge in [-0.25, -0.2) is 0 Å². The van der Waals surface area contributed by atoms with E-state index in [0.717, 1.165) is 43.3 Å². The van der Waals surface area contributed by atoms with E-state index in [1.54, 1.807) is 0 Å². The lowest BCUT2D eigenvalue weighted by Crippen LogP contribution is -3.15. The minimum Gasteiger partial charge on any atom is -0.492 e. The molecule has 2 aromatic carbocycles. The van der Waals surface area contributed by atoms with E-state index in [4.69, 9.17) is 4.74 Å². The summed E-state index contributed by atoms with van der Waals surface area (Å²) in [5.74, 6) is 1.52. The van der Waals surface area contributed by atoms with Crippen molar-refractivity contribution in [1.29, 1.82) is 0 Å². The van der Waals surface area contributed by atoms with Crippen molar-refractivity contribution in [2.24, 2.45) is 0 Å². The Labute approximate surface area is 168 Å². The molecule has 0 unspecified atom stereocenters. The third-order valence-electron chi connectivity index (χ3n) is 5.25. The van der Waals surface area contributed by atoms with Crippen LogP contribution in [-0.2, 0) is 4.79 Å². The van der Waals surface area contributed by atoms with Gasteiger partial charge in [0.25, 0.3) is 5.91 Å². The smallest absolute Gasteiger partial charge is 0.279 e. The van der Waals surface area contributed by atoms with Crippen LogP contribution in [0.5, 0.6) is 5.75 Å². The molecule has 0 atom stereocenters. The van der Waals surface area contributed by atoms with Gasteiger partial charge in [0.1, 0.15) is 5.75 Å². The van der Waals surface area contributed by atoms with Gasteiger partial charge in [0.05, 0.1) is 38.5 Å². The van der Waals surface area contributed by atoms with Crippen LogP contribution in [-0.4, -0.2) is 45.2 Å². The van der Waals surface area contributed by atoms with Crippen LogP contribution in [0.2, 0.25) is 0 Å². The van der Waals surface area contributed by atoms with E-state index >= 15 is 0 Å². The summed E-state index contributed by atoms with van der Waals surface area (Å²) in [6, 6.07) is 16.3. The highest BCUT2D eigenvalue weighted by Crippen LogP contribution is 2.27. The average Bonchev–Trinajstić information content (AvgIpc) is 2.70. The second-order valence-corrected chi connectivity index (χ2v) is 7.64. The van der Waals surface area contributed by atoms with E-state index in [-0.39, 0.29) is 5.91 Å². The molecule has 0 radical (unpaired) electrons. The Hall–Kier alpha value is -2.53. The van der Waals surface area contributed by atoms with Crippen molar-refractivity contribution in [2.45, 2.75) is 26.7 Å². The van der Waals surface area contributed by atoms with Gasteiger partial charge in [-0.1, -0.05) is 38.1 Å². The second kappa shape index (κ2) is 9.60. The monoisotopic (exact) mass is 382 g/mol. The van der Waals surface area contributed by atoms with Crippen molar-refractivity contribution in [3.63, 3.8) is 0 Å². The molecule has 1 heterocycles. The maximum Gasteiger partial charge on any atom is 0.279 e. The normalized spacial score (nSPS) is 14.9. The number of nitrogens with zero attached hydrogens (tertiary/aromatic N) is 1. The molecule has 1 aliphatic rings. The molecule has 0 aliphatic carbocycles. The van der Waals surface area contributed by atoms with Crippen molar-refractivity contribution in [3.05, 3.63) is 54.1 Å². The number of amides is 1. The van der Waals surface area contributed by atoms with Crippen molar-refractivity contribution in [2.75, 3.05) is 49.5 Å². The summed E-state index contributed by atoms with van der Waals surface area (Å²) in [4.78, 5) is 16.1. The standard InChI is InChI=1S/C23H31N3O2/c1-4-28-22-8-6-5-7-21(22)26-15-13-25(14-16-26)17-23(27)24-20-11-9-19(10-12-20)18(2)3/h5-12,18H,4,13-17H2,1-3H3,(H,24,27)/p+1. The molecule has 0 bridgehead atoms. The maximum atomic E-state index is 12.4. The molecule has 5 nitrogen and oxygen atoms in total. The van der Waals surface area contributed by atoms with Crippen LogP contribution in [0.3, 0.4) is 0 Å². The van der Waals surface area contributed by atoms with Crippen LogP contribution < -0.4 is 19.9 Å². The predicted molar refractivity (Wildman–Crippen MR) is 115 cm³/mol. The van der Waals surface area contributed by atoms with Gasteiger partial charge < -0.3 is 19.9 Å². The van der Waals surface area contributed by atoms with Gasteiger partial charge in [-0.05, 0) is 42.7 Å². The molecule has 0 saturated carbocycles. The minimum absolute atomic E-state index is 0.0791. The van der Waals surface area contributed by atoms with Gasteiger partial charge in [-0.3, -0.25) is 4.79 Å². The molecular formula is C23H32N3O2+. The molecule has 5 heteroatoms. The zero-order chi connectivity index (χ0) is 19.9. The Bertz CT molecular complexity index is 766. The van der Waals surface area contributed by atoms with Crippen molar-refractivity contribution < 1.29 is 14.4 Å². The summed E-state index contributed by atoms with van der Waals surface area (Å²) >= 11 is 0. The van der Waals surface area contributed by atoms with Crippen LogP contribution in [0, 0.1) is 0 Å². The number of anilines is 2. The van der Waals surface area contributed by atoms with Crippen LogP contribution in [0.4, 0.5) is 11.4 Å². The first kappa shape index (κ1) is 20.2. The number of carbonyl (C=O) groups excluding carboxylic acids is 1. The fourth-order valence-electron chi connectivity index (χ4n) is 3.62. The second-order valence-electron chi connectivity index (χ2n) is 7.64. The topological polar surface area (TPSA) is 46.0 Å². The Morgan fingerprint density at radius 1 is 1.11 bits per heavy atom. The number of rotatable bonds is 7. The van der Waals surface area contributed by atoms with Gasteiger partial charge in [0, 0.05) is 5.69 Å². The molecule has 28 heavy (non-hydrogen) atoms. The zero-order valence-corrected chi connectivity index (χ0v) is 17.2. The summed E-state index contributed by atoms with van der Waals surface area (Å²) in [6.45, 7) is 11.3. The highest BCUT2D eigenvalue weighted by molar-refractivity contribution is 5.91. The van der Waals surface area contributed by atoms with Crippen LogP contribution >= 0.6 is 0 Å². The number of carbonyl (C=O) groups is 1. The van der Waals surface area contributed by atoms with Crippen molar-refractivity contribution in [3.8, 4) is 5.75 Å². The molecule has 1 amide bonds. The van der Waals surface area contributed by atoms with Gasteiger partial charge in [-0.2, -0.15) is 0 Å². The third kappa shape index (κ3) is 5.26. The van der Waals surface area contributed by atoms with E-state index in [1.807, 2.05) is 31.2 Å². The fraction of sp³-hybridized carbons (Fsp3) is 0.435. The minimum atomic E-state index is 0.0791. The summed E-state index contributed by atoms with van der Waals surface area (Å²) in [5.41, 5.74) is 3.31. The van der Waals surface area contributed by atoms with Crippen LogP contribution in [0.25, 0.3) is 0 Å². The number of nitrogens with one attached hydrogen (secondary N) is 2. The van der Waals surface area contributed by atoms with E-state index in [0.29, 0.717) is 19.1 Å². The average molecular weight is 383 g/mol. The predicted octanol–water partition coefficient (Wildman–Crippen LogP) is 2.55. The molecule has 1 aliphatic heterocycles. The summed E-state index contributed by atoms with van der Waals surface area (Å²) < 4.78 is 5.76. The number of benzene rings is 2. The van der Waals surface area contributed by atoms with Gasteiger partial charge >= 0.3 is 0 Å². The summed E-state index contributed by atoms with van der Waals surface area (Å²) in [5, 5.41) is 3.03. The summed E-state index contributed by atoms with van der Waals surface area (Å²) in [7, 11) is 0. The van der Waals surface area contributed by atoms with Crippen LogP contribution in [0.1, 0.15) is 32.3 Å². The number of quaternary nitrogens is 1. The highest BCUT2D eigenvalue weighted by Gasteiger charge is 2.24. The largest absolute Gasteiger partial charge is 0.492 e. The number of para-hydroxylation sites is 2. The fourth-order valence-corrected chi connectivity index (χ4v) is 3.62. The molecular weight excluding hydrogens is 350 g/mol. The Morgan fingerprint density at radius 3 is 2.43 bits per heavy atom. The molecule has 3 rings (SSSR count).